The minimum Gasteiger partial charge on any atom is -0.493 e. The number of nitrogen functional groups attached to an aromatic ring is 1. The Morgan fingerprint density at radius 3 is 2.16 bits per heavy atom. The number of anilines is 2. The van der Waals surface area contributed by atoms with Crippen molar-refractivity contribution in [3.8, 4) is 11.5 Å². The van der Waals surface area contributed by atoms with Gasteiger partial charge in [-0.2, -0.15) is 0 Å². The summed E-state index contributed by atoms with van der Waals surface area (Å²) in [4.78, 5) is 0. The topological polar surface area (TPSA) is 65.7 Å². The maximum absolute atomic E-state index is 6.03. The van der Waals surface area contributed by atoms with Crippen LogP contribution >= 0.6 is 0 Å². The van der Waals surface area contributed by atoms with Gasteiger partial charge in [-0.3, -0.25) is 0 Å². The molecule has 0 saturated heterocycles. The van der Waals surface area contributed by atoms with Gasteiger partial charge in [-0.05, 0) is 5.92 Å². The van der Waals surface area contributed by atoms with E-state index in [1.165, 1.54) is 0 Å². The van der Waals surface area contributed by atoms with Gasteiger partial charge < -0.3 is 25.3 Å². The van der Waals surface area contributed by atoms with Gasteiger partial charge in [0.15, 0.2) is 11.5 Å². The molecule has 0 spiro atoms. The van der Waals surface area contributed by atoms with Crippen molar-refractivity contribution in [2.45, 2.75) is 19.9 Å². The predicted octanol–water partition coefficient (Wildman–Crippen LogP) is 2.37. The molecule has 5 nitrogen and oxygen atoms in total. The maximum atomic E-state index is 6.03. The molecule has 1 aromatic rings. The lowest BCUT2D eigenvalue weighted by Crippen LogP contribution is -2.30. The van der Waals surface area contributed by atoms with Crippen LogP contribution in [-0.4, -0.2) is 34.0 Å². The monoisotopic (exact) mass is 268 g/mol. The zero-order chi connectivity index (χ0) is 14.4. The summed E-state index contributed by atoms with van der Waals surface area (Å²) in [5.41, 5.74) is 7.48. The van der Waals surface area contributed by atoms with Crippen molar-refractivity contribution in [1.29, 1.82) is 0 Å². The molecule has 0 fully saturated rings. The van der Waals surface area contributed by atoms with E-state index in [0.29, 0.717) is 29.7 Å². The fraction of sp³-hybridized carbons (Fsp3) is 0.571. The van der Waals surface area contributed by atoms with Gasteiger partial charge in [0, 0.05) is 19.2 Å². The van der Waals surface area contributed by atoms with Gasteiger partial charge in [0.25, 0.3) is 0 Å². The molecule has 0 radical (unpaired) electrons. The van der Waals surface area contributed by atoms with E-state index in [0.717, 1.165) is 5.69 Å². The van der Waals surface area contributed by atoms with Crippen molar-refractivity contribution in [3.63, 3.8) is 0 Å². The first-order valence-corrected chi connectivity index (χ1v) is 6.30. The van der Waals surface area contributed by atoms with E-state index in [2.05, 4.69) is 19.2 Å². The van der Waals surface area contributed by atoms with E-state index in [1.807, 2.05) is 6.07 Å². The lowest BCUT2D eigenvalue weighted by molar-refractivity contribution is 0.171. The molecule has 1 atom stereocenters. The van der Waals surface area contributed by atoms with Crippen LogP contribution in [0.2, 0.25) is 0 Å². The first-order valence-electron chi connectivity index (χ1n) is 6.30. The fourth-order valence-electron chi connectivity index (χ4n) is 1.80. The van der Waals surface area contributed by atoms with Crippen LogP contribution in [0, 0.1) is 5.92 Å². The Morgan fingerprint density at radius 2 is 1.68 bits per heavy atom. The van der Waals surface area contributed by atoms with Crippen LogP contribution in [0.5, 0.6) is 11.5 Å². The molecule has 0 aliphatic rings. The van der Waals surface area contributed by atoms with E-state index >= 15 is 0 Å². The van der Waals surface area contributed by atoms with Crippen molar-refractivity contribution in [2.75, 3.05) is 39.0 Å². The standard InChI is InChI=1S/C14H24N2O3/c1-9(2)12(8-17-3)16-11-7-14(19-5)13(18-4)6-10(11)15/h6-7,9,12,16H,8,15H2,1-5H3. The molecule has 0 saturated carbocycles. The van der Waals surface area contributed by atoms with E-state index in [4.69, 9.17) is 19.9 Å². The van der Waals surface area contributed by atoms with Crippen molar-refractivity contribution in [3.05, 3.63) is 12.1 Å². The molecule has 19 heavy (non-hydrogen) atoms. The van der Waals surface area contributed by atoms with Crippen molar-refractivity contribution in [2.24, 2.45) is 5.92 Å². The number of ether oxygens (including phenoxy) is 3. The predicted molar refractivity (Wildman–Crippen MR) is 78.1 cm³/mol. The van der Waals surface area contributed by atoms with Gasteiger partial charge in [0.2, 0.25) is 0 Å². The van der Waals surface area contributed by atoms with E-state index in [9.17, 15) is 0 Å². The molecule has 0 aliphatic carbocycles. The Morgan fingerprint density at radius 1 is 1.11 bits per heavy atom. The first kappa shape index (κ1) is 15.4. The lowest BCUT2D eigenvalue weighted by Gasteiger charge is -2.24. The fourth-order valence-corrected chi connectivity index (χ4v) is 1.80. The van der Waals surface area contributed by atoms with Gasteiger partial charge in [0.05, 0.1) is 38.2 Å². The third-order valence-corrected chi connectivity index (χ3v) is 3.05. The second kappa shape index (κ2) is 7.09. The molecule has 0 aliphatic heterocycles. The zero-order valence-corrected chi connectivity index (χ0v) is 12.3. The second-order valence-electron chi connectivity index (χ2n) is 4.74. The number of nitrogens with one attached hydrogen (secondary N) is 1. The van der Waals surface area contributed by atoms with Crippen molar-refractivity contribution >= 4 is 11.4 Å². The molecule has 108 valence electrons. The van der Waals surface area contributed by atoms with Crippen LogP contribution < -0.4 is 20.5 Å². The van der Waals surface area contributed by atoms with Gasteiger partial charge in [-0.15, -0.1) is 0 Å². The van der Waals surface area contributed by atoms with E-state index in [-0.39, 0.29) is 6.04 Å². The van der Waals surface area contributed by atoms with E-state index < -0.39 is 0 Å². The van der Waals surface area contributed by atoms with E-state index in [1.54, 1.807) is 27.4 Å². The summed E-state index contributed by atoms with van der Waals surface area (Å²) in [5.74, 6) is 1.70. The third kappa shape index (κ3) is 3.92. The molecular weight excluding hydrogens is 244 g/mol. The molecule has 0 amide bonds. The molecule has 5 heteroatoms. The summed E-state index contributed by atoms with van der Waals surface area (Å²) in [5, 5.41) is 3.39. The summed E-state index contributed by atoms with van der Waals surface area (Å²) in [6, 6.07) is 3.79. The normalized spacial score (nSPS) is 12.3. The molecule has 1 unspecified atom stereocenters. The number of rotatable bonds is 7. The minimum absolute atomic E-state index is 0.186. The molecule has 1 rings (SSSR count). The first-order chi connectivity index (χ1) is 9.03. The van der Waals surface area contributed by atoms with Gasteiger partial charge in [-0.25, -0.2) is 0 Å². The quantitative estimate of drug-likeness (QED) is 0.743. The van der Waals surface area contributed by atoms with Crippen LogP contribution in [0.25, 0.3) is 0 Å². The highest BCUT2D eigenvalue weighted by Gasteiger charge is 2.16. The molecule has 0 bridgehead atoms. The van der Waals surface area contributed by atoms with Crippen molar-refractivity contribution < 1.29 is 14.2 Å². The maximum Gasteiger partial charge on any atom is 0.162 e. The van der Waals surface area contributed by atoms with Crippen LogP contribution in [0.3, 0.4) is 0 Å². The van der Waals surface area contributed by atoms with Crippen LogP contribution in [-0.2, 0) is 4.74 Å². The number of nitrogens with two attached hydrogens (primary N) is 1. The highest BCUT2D eigenvalue weighted by Crippen LogP contribution is 2.35. The third-order valence-electron chi connectivity index (χ3n) is 3.05. The van der Waals surface area contributed by atoms with Crippen LogP contribution in [0.4, 0.5) is 11.4 Å². The number of hydrogen-bond donors (Lipinski definition) is 2. The Balaban J connectivity index is 2.99. The summed E-state index contributed by atoms with van der Waals surface area (Å²) >= 11 is 0. The second-order valence-corrected chi connectivity index (χ2v) is 4.74. The average Bonchev–Trinajstić information content (AvgIpc) is 2.39. The molecule has 1 aromatic carbocycles. The Bertz CT molecular complexity index is 408. The van der Waals surface area contributed by atoms with Gasteiger partial charge >= 0.3 is 0 Å². The number of benzene rings is 1. The summed E-state index contributed by atoms with van der Waals surface area (Å²) in [6.07, 6.45) is 0. The largest absolute Gasteiger partial charge is 0.493 e. The summed E-state index contributed by atoms with van der Waals surface area (Å²) in [6.45, 7) is 4.88. The Labute approximate surface area is 115 Å². The SMILES string of the molecule is COCC(Nc1cc(OC)c(OC)cc1N)C(C)C. The summed E-state index contributed by atoms with van der Waals surface area (Å²) < 4.78 is 15.7. The lowest BCUT2D eigenvalue weighted by atomic mass is 10.0. The Hall–Kier alpha value is -1.62. The van der Waals surface area contributed by atoms with Gasteiger partial charge in [0.1, 0.15) is 0 Å². The smallest absolute Gasteiger partial charge is 0.162 e. The average molecular weight is 268 g/mol. The molecule has 3 N–H and O–H groups in total. The molecule has 0 heterocycles. The van der Waals surface area contributed by atoms with Crippen molar-refractivity contribution in [1.82, 2.24) is 0 Å². The Kier molecular flexibility index (Phi) is 5.76. The number of methoxy groups -OCH3 is 3. The molecule has 0 aromatic heterocycles. The number of hydrogen-bond acceptors (Lipinski definition) is 5. The molecular formula is C14H24N2O3. The highest BCUT2D eigenvalue weighted by molar-refractivity contribution is 5.72. The zero-order valence-electron chi connectivity index (χ0n) is 12.3. The minimum atomic E-state index is 0.186. The van der Waals surface area contributed by atoms with Crippen LogP contribution in [0.15, 0.2) is 12.1 Å². The summed E-state index contributed by atoms with van der Waals surface area (Å²) in [7, 11) is 4.88. The highest BCUT2D eigenvalue weighted by atomic mass is 16.5. The van der Waals surface area contributed by atoms with Crippen LogP contribution in [0.1, 0.15) is 13.8 Å². The van der Waals surface area contributed by atoms with Gasteiger partial charge in [-0.1, -0.05) is 13.8 Å².